The smallest absolute Gasteiger partial charge is 0.132 e. The molecule has 2 nitrogen and oxygen atoms in total. The summed E-state index contributed by atoms with van der Waals surface area (Å²) in [4.78, 5) is 1.09. The van der Waals surface area contributed by atoms with Gasteiger partial charge in [-0.2, -0.15) is 0 Å². The number of thioether (sulfide) groups is 1. The molecular formula is C13H13O2S. The molecule has 0 fully saturated rings. The maximum Gasteiger partial charge on any atom is 0.132 e. The molecule has 1 radical (unpaired) electrons. The molecule has 1 aromatic heterocycles. The quantitative estimate of drug-likeness (QED) is 0.751. The molecule has 0 saturated carbocycles. The Morgan fingerprint density at radius 1 is 1.38 bits per heavy atom. The second-order valence-corrected chi connectivity index (χ2v) is 4.37. The predicted octanol–water partition coefficient (Wildman–Crippen LogP) is 3.76. The normalized spacial score (nSPS) is 10.4. The van der Waals surface area contributed by atoms with Gasteiger partial charge in [-0.05, 0) is 36.8 Å². The number of methoxy groups -OCH3 is 1. The third kappa shape index (κ3) is 2.61. The Hall–Kier alpha value is -1.35. The van der Waals surface area contributed by atoms with E-state index in [1.54, 1.807) is 25.1 Å². The third-order valence-electron chi connectivity index (χ3n) is 2.18. The highest BCUT2D eigenvalue weighted by Gasteiger charge is 2.05. The maximum absolute atomic E-state index is 5.29. The van der Waals surface area contributed by atoms with Gasteiger partial charge in [0, 0.05) is 0 Å². The van der Waals surface area contributed by atoms with E-state index < -0.39 is 0 Å². The first-order valence-corrected chi connectivity index (χ1v) is 5.93. The van der Waals surface area contributed by atoms with Crippen molar-refractivity contribution in [3.63, 3.8) is 0 Å². The van der Waals surface area contributed by atoms with E-state index >= 15 is 0 Å². The highest BCUT2D eigenvalue weighted by molar-refractivity contribution is 7.98. The Balaban J connectivity index is 2.11. The summed E-state index contributed by atoms with van der Waals surface area (Å²) in [6.45, 7) is 3.91. The fourth-order valence-corrected chi connectivity index (χ4v) is 2.37. The first kappa shape index (κ1) is 11.1. The summed E-state index contributed by atoms with van der Waals surface area (Å²) >= 11 is 1.68. The van der Waals surface area contributed by atoms with Crippen LogP contribution in [-0.4, -0.2) is 7.11 Å². The Labute approximate surface area is 99.6 Å². The van der Waals surface area contributed by atoms with Crippen molar-refractivity contribution in [1.29, 1.82) is 0 Å². The fraction of sp³-hybridized carbons (Fsp3) is 0.154. The first-order chi connectivity index (χ1) is 7.79. The van der Waals surface area contributed by atoms with Gasteiger partial charge in [-0.1, -0.05) is 6.07 Å². The van der Waals surface area contributed by atoms with Crippen molar-refractivity contribution in [1.82, 2.24) is 0 Å². The Bertz CT molecular complexity index is 449. The van der Waals surface area contributed by atoms with E-state index in [1.807, 2.05) is 30.3 Å². The summed E-state index contributed by atoms with van der Waals surface area (Å²) in [5.41, 5.74) is 0.989. The lowest BCUT2D eigenvalue weighted by molar-refractivity contribution is 0.404. The largest absolute Gasteiger partial charge is 0.496 e. The molecule has 3 heteroatoms. The number of rotatable bonds is 4. The zero-order chi connectivity index (χ0) is 11.4. The highest BCUT2D eigenvalue weighted by Crippen LogP contribution is 2.32. The number of hydrogen-bond donors (Lipinski definition) is 0. The molecule has 0 unspecified atom stereocenters. The van der Waals surface area contributed by atoms with Crippen molar-refractivity contribution >= 4 is 11.8 Å². The summed E-state index contributed by atoms with van der Waals surface area (Å²) in [7, 11) is 1.68. The minimum Gasteiger partial charge on any atom is -0.496 e. The van der Waals surface area contributed by atoms with E-state index in [9.17, 15) is 0 Å². The van der Waals surface area contributed by atoms with Crippen LogP contribution in [-0.2, 0) is 5.75 Å². The van der Waals surface area contributed by atoms with Crippen LogP contribution in [0.1, 0.15) is 11.3 Å². The van der Waals surface area contributed by atoms with Crippen LogP contribution < -0.4 is 4.74 Å². The van der Waals surface area contributed by atoms with E-state index in [-0.39, 0.29) is 0 Å². The van der Waals surface area contributed by atoms with E-state index in [4.69, 9.17) is 9.15 Å². The molecule has 1 aromatic carbocycles. The first-order valence-electron chi connectivity index (χ1n) is 4.95. The summed E-state index contributed by atoms with van der Waals surface area (Å²) in [6.07, 6.45) is 1.69. The Kier molecular flexibility index (Phi) is 3.57. The van der Waals surface area contributed by atoms with Crippen LogP contribution in [0.15, 0.2) is 45.9 Å². The fourth-order valence-electron chi connectivity index (χ4n) is 1.38. The minimum absolute atomic E-state index is 0.798. The third-order valence-corrected chi connectivity index (χ3v) is 3.24. The average molecular weight is 233 g/mol. The van der Waals surface area contributed by atoms with Gasteiger partial charge in [-0.15, -0.1) is 11.8 Å². The van der Waals surface area contributed by atoms with Gasteiger partial charge in [-0.25, -0.2) is 0 Å². The highest BCUT2D eigenvalue weighted by atomic mass is 32.2. The zero-order valence-corrected chi connectivity index (χ0v) is 9.92. The van der Waals surface area contributed by atoms with Gasteiger partial charge in [0.15, 0.2) is 0 Å². The lowest BCUT2D eigenvalue weighted by Crippen LogP contribution is -1.87. The molecule has 0 spiro atoms. The van der Waals surface area contributed by atoms with Crippen molar-refractivity contribution in [3.05, 3.63) is 54.8 Å². The molecular weight excluding hydrogens is 220 g/mol. The monoisotopic (exact) mass is 233 g/mol. The van der Waals surface area contributed by atoms with Crippen LogP contribution in [0, 0.1) is 6.92 Å². The maximum atomic E-state index is 5.29. The molecule has 0 aliphatic rings. The molecule has 83 valence electrons. The van der Waals surface area contributed by atoms with Crippen LogP contribution in [0.2, 0.25) is 0 Å². The average Bonchev–Trinajstić information content (AvgIpc) is 2.79. The zero-order valence-electron chi connectivity index (χ0n) is 9.10. The Morgan fingerprint density at radius 3 is 2.94 bits per heavy atom. The van der Waals surface area contributed by atoms with Crippen molar-refractivity contribution in [2.24, 2.45) is 0 Å². The number of benzene rings is 1. The van der Waals surface area contributed by atoms with Gasteiger partial charge in [0.1, 0.15) is 11.5 Å². The molecule has 0 aliphatic heterocycles. The van der Waals surface area contributed by atoms with Crippen LogP contribution in [0.4, 0.5) is 0 Å². The van der Waals surface area contributed by atoms with E-state index in [0.717, 1.165) is 27.7 Å². The topological polar surface area (TPSA) is 22.4 Å². The van der Waals surface area contributed by atoms with Gasteiger partial charge in [0.25, 0.3) is 0 Å². The summed E-state index contributed by atoms with van der Waals surface area (Å²) in [6, 6.07) is 9.76. The molecule has 16 heavy (non-hydrogen) atoms. The minimum atomic E-state index is 0.798. The number of hydrogen-bond acceptors (Lipinski definition) is 3. The van der Waals surface area contributed by atoms with E-state index in [1.165, 1.54) is 0 Å². The molecule has 2 aromatic rings. The summed E-state index contributed by atoms with van der Waals surface area (Å²) in [5, 5.41) is 0. The van der Waals surface area contributed by atoms with Crippen molar-refractivity contribution < 1.29 is 9.15 Å². The van der Waals surface area contributed by atoms with Gasteiger partial charge >= 0.3 is 0 Å². The van der Waals surface area contributed by atoms with Crippen molar-refractivity contribution in [2.45, 2.75) is 10.6 Å². The number of ether oxygens (including phenoxy) is 1. The van der Waals surface area contributed by atoms with E-state index in [2.05, 4.69) is 6.92 Å². The van der Waals surface area contributed by atoms with Gasteiger partial charge in [0.2, 0.25) is 0 Å². The Morgan fingerprint density at radius 2 is 2.25 bits per heavy atom. The molecule has 0 saturated heterocycles. The lowest BCUT2D eigenvalue weighted by atomic mass is 10.2. The van der Waals surface area contributed by atoms with Gasteiger partial charge < -0.3 is 9.15 Å². The van der Waals surface area contributed by atoms with Crippen LogP contribution in [0.5, 0.6) is 5.75 Å². The van der Waals surface area contributed by atoms with Gasteiger partial charge in [-0.3, -0.25) is 0 Å². The van der Waals surface area contributed by atoms with E-state index in [0.29, 0.717) is 0 Å². The van der Waals surface area contributed by atoms with Crippen molar-refractivity contribution in [3.8, 4) is 5.75 Å². The van der Waals surface area contributed by atoms with Crippen molar-refractivity contribution in [2.75, 3.05) is 7.11 Å². The SMILES string of the molecule is [CH2]c1ccc(OC)c(SCc2ccco2)c1. The molecule has 0 amide bonds. The molecule has 0 bridgehead atoms. The van der Waals surface area contributed by atoms with Crippen LogP contribution >= 0.6 is 11.8 Å². The van der Waals surface area contributed by atoms with Crippen LogP contribution in [0.3, 0.4) is 0 Å². The molecule has 1 heterocycles. The summed E-state index contributed by atoms with van der Waals surface area (Å²) < 4.78 is 10.6. The molecule has 0 atom stereocenters. The second kappa shape index (κ2) is 5.12. The lowest BCUT2D eigenvalue weighted by Gasteiger charge is -2.07. The van der Waals surface area contributed by atoms with Crippen LogP contribution in [0.25, 0.3) is 0 Å². The summed E-state index contributed by atoms with van der Waals surface area (Å²) in [5.74, 6) is 2.64. The van der Waals surface area contributed by atoms with Gasteiger partial charge in [0.05, 0.1) is 24.0 Å². The standard InChI is InChI=1S/C13H13O2S/c1-10-5-6-12(14-2)13(8-10)16-9-11-4-3-7-15-11/h3-8H,1,9H2,2H3. The molecule has 0 aliphatic carbocycles. The number of furan rings is 1. The molecule has 0 N–H and O–H groups in total. The predicted molar refractivity (Wildman–Crippen MR) is 65.7 cm³/mol. The molecule has 2 rings (SSSR count). The second-order valence-electron chi connectivity index (χ2n) is 3.35.